The molecule has 0 aromatic carbocycles. The van der Waals surface area contributed by atoms with Gasteiger partial charge in [0, 0.05) is 13.2 Å². The summed E-state index contributed by atoms with van der Waals surface area (Å²) in [6.45, 7) is 2.89. The predicted octanol–water partition coefficient (Wildman–Crippen LogP) is 0.335. The Morgan fingerprint density at radius 1 is 1.31 bits per heavy atom. The zero-order chi connectivity index (χ0) is 11.6. The Hall–Kier alpha value is -0.650. The number of esters is 1. The standard InChI is InChI=1S/C11H21NO4/c1-14-5-6-15-7-8-16-11(13)9-10-3-2-4-12-10/h10,12H,2-9H2,1H3. The normalized spacial score (nSPS) is 19.9. The minimum absolute atomic E-state index is 0.144. The summed E-state index contributed by atoms with van der Waals surface area (Å²) < 4.78 is 15.0. The highest BCUT2D eigenvalue weighted by molar-refractivity contribution is 5.70. The maximum Gasteiger partial charge on any atom is 0.307 e. The van der Waals surface area contributed by atoms with Crippen LogP contribution in [0.3, 0.4) is 0 Å². The van der Waals surface area contributed by atoms with Crippen LogP contribution < -0.4 is 5.32 Å². The van der Waals surface area contributed by atoms with E-state index in [0.717, 1.165) is 19.4 Å². The molecular formula is C11H21NO4. The molecule has 94 valence electrons. The summed E-state index contributed by atoms with van der Waals surface area (Å²) in [5.41, 5.74) is 0. The molecule has 1 N–H and O–H groups in total. The highest BCUT2D eigenvalue weighted by Crippen LogP contribution is 2.09. The van der Waals surface area contributed by atoms with Crippen molar-refractivity contribution in [1.82, 2.24) is 5.32 Å². The Bertz CT molecular complexity index is 192. The fraction of sp³-hybridized carbons (Fsp3) is 0.909. The summed E-state index contributed by atoms with van der Waals surface area (Å²) in [6, 6.07) is 0.307. The van der Waals surface area contributed by atoms with Gasteiger partial charge in [-0.25, -0.2) is 0 Å². The van der Waals surface area contributed by atoms with Crippen molar-refractivity contribution in [3.63, 3.8) is 0 Å². The third kappa shape index (κ3) is 6.05. The van der Waals surface area contributed by atoms with Crippen molar-refractivity contribution in [2.45, 2.75) is 25.3 Å². The molecular weight excluding hydrogens is 210 g/mol. The number of carbonyl (C=O) groups excluding carboxylic acids is 1. The fourth-order valence-electron chi connectivity index (χ4n) is 1.65. The molecule has 5 heteroatoms. The van der Waals surface area contributed by atoms with E-state index in [0.29, 0.717) is 38.9 Å². The molecule has 1 aliphatic rings. The Morgan fingerprint density at radius 2 is 2.12 bits per heavy atom. The zero-order valence-corrected chi connectivity index (χ0v) is 9.87. The molecule has 1 rings (SSSR count). The predicted molar refractivity (Wildman–Crippen MR) is 59.3 cm³/mol. The van der Waals surface area contributed by atoms with Crippen LogP contribution in [0, 0.1) is 0 Å². The minimum atomic E-state index is -0.144. The van der Waals surface area contributed by atoms with Crippen LogP contribution in [0.4, 0.5) is 0 Å². The first kappa shape index (κ1) is 13.4. The molecule has 5 nitrogen and oxygen atoms in total. The number of carbonyl (C=O) groups is 1. The van der Waals surface area contributed by atoms with E-state index in [1.54, 1.807) is 7.11 Å². The Kier molecular flexibility index (Phi) is 7.12. The molecule has 1 saturated heterocycles. The molecule has 1 fully saturated rings. The van der Waals surface area contributed by atoms with E-state index in [9.17, 15) is 4.79 Å². The lowest BCUT2D eigenvalue weighted by Crippen LogP contribution is -2.26. The molecule has 0 bridgehead atoms. The van der Waals surface area contributed by atoms with Crippen molar-refractivity contribution in [1.29, 1.82) is 0 Å². The van der Waals surface area contributed by atoms with Gasteiger partial charge in [-0.1, -0.05) is 0 Å². The van der Waals surface area contributed by atoms with Gasteiger partial charge < -0.3 is 19.5 Å². The lowest BCUT2D eigenvalue weighted by molar-refractivity contribution is -0.145. The van der Waals surface area contributed by atoms with Gasteiger partial charge in [-0.15, -0.1) is 0 Å². The van der Waals surface area contributed by atoms with E-state index >= 15 is 0 Å². The molecule has 0 aromatic rings. The summed E-state index contributed by atoms with van der Waals surface area (Å²) in [7, 11) is 1.62. The third-order valence-corrected chi connectivity index (χ3v) is 2.50. The number of rotatable bonds is 8. The summed E-state index contributed by atoms with van der Waals surface area (Å²) in [6.07, 6.45) is 2.69. The lowest BCUT2D eigenvalue weighted by Gasteiger charge is -2.09. The molecule has 1 atom stereocenters. The van der Waals surface area contributed by atoms with Gasteiger partial charge in [0.25, 0.3) is 0 Å². The van der Waals surface area contributed by atoms with Crippen molar-refractivity contribution in [3.05, 3.63) is 0 Å². The number of ether oxygens (including phenoxy) is 3. The van der Waals surface area contributed by atoms with E-state index in [1.165, 1.54) is 0 Å². The Labute approximate surface area is 96.4 Å². The second-order valence-electron chi connectivity index (χ2n) is 3.82. The molecule has 0 spiro atoms. The smallest absolute Gasteiger partial charge is 0.307 e. The van der Waals surface area contributed by atoms with Crippen LogP contribution in [0.15, 0.2) is 0 Å². The number of nitrogens with one attached hydrogen (secondary N) is 1. The summed E-state index contributed by atoms with van der Waals surface area (Å²) >= 11 is 0. The Balaban J connectivity index is 1.89. The van der Waals surface area contributed by atoms with Crippen LogP contribution in [-0.4, -0.2) is 52.1 Å². The van der Waals surface area contributed by atoms with E-state index in [2.05, 4.69) is 5.32 Å². The van der Waals surface area contributed by atoms with Crippen molar-refractivity contribution < 1.29 is 19.0 Å². The van der Waals surface area contributed by atoms with E-state index < -0.39 is 0 Å². The zero-order valence-electron chi connectivity index (χ0n) is 9.87. The van der Waals surface area contributed by atoms with Crippen LogP contribution in [0.5, 0.6) is 0 Å². The van der Waals surface area contributed by atoms with E-state index in [-0.39, 0.29) is 5.97 Å². The maximum atomic E-state index is 11.3. The van der Waals surface area contributed by atoms with E-state index in [4.69, 9.17) is 14.2 Å². The molecule has 0 radical (unpaired) electrons. The van der Waals surface area contributed by atoms with Crippen molar-refractivity contribution in [3.8, 4) is 0 Å². The molecule has 1 aliphatic heterocycles. The van der Waals surface area contributed by atoms with Gasteiger partial charge in [0.2, 0.25) is 0 Å². The number of methoxy groups -OCH3 is 1. The fourth-order valence-corrected chi connectivity index (χ4v) is 1.65. The van der Waals surface area contributed by atoms with Crippen molar-refractivity contribution in [2.75, 3.05) is 40.1 Å². The first-order valence-corrected chi connectivity index (χ1v) is 5.78. The monoisotopic (exact) mass is 231 g/mol. The maximum absolute atomic E-state index is 11.3. The number of hydrogen-bond acceptors (Lipinski definition) is 5. The largest absolute Gasteiger partial charge is 0.463 e. The van der Waals surface area contributed by atoms with Crippen LogP contribution >= 0.6 is 0 Å². The van der Waals surface area contributed by atoms with Crippen LogP contribution in [0.25, 0.3) is 0 Å². The second-order valence-corrected chi connectivity index (χ2v) is 3.82. The van der Waals surface area contributed by atoms with Crippen LogP contribution in [0.2, 0.25) is 0 Å². The first-order valence-electron chi connectivity index (χ1n) is 5.78. The van der Waals surface area contributed by atoms with Gasteiger partial charge >= 0.3 is 5.97 Å². The van der Waals surface area contributed by atoms with Gasteiger partial charge in [-0.2, -0.15) is 0 Å². The van der Waals surface area contributed by atoms with Gasteiger partial charge in [-0.3, -0.25) is 4.79 Å². The SMILES string of the molecule is COCCOCCOC(=O)CC1CCCN1. The highest BCUT2D eigenvalue weighted by atomic mass is 16.6. The second kappa shape index (κ2) is 8.50. The molecule has 0 aliphatic carbocycles. The summed E-state index contributed by atoms with van der Waals surface area (Å²) in [4.78, 5) is 11.3. The molecule has 16 heavy (non-hydrogen) atoms. The molecule has 0 amide bonds. The third-order valence-electron chi connectivity index (χ3n) is 2.50. The molecule has 1 unspecified atom stereocenters. The minimum Gasteiger partial charge on any atom is -0.463 e. The van der Waals surface area contributed by atoms with Crippen LogP contribution in [0.1, 0.15) is 19.3 Å². The summed E-state index contributed by atoms with van der Waals surface area (Å²) in [5.74, 6) is -0.144. The molecule has 0 aromatic heterocycles. The van der Waals surface area contributed by atoms with Gasteiger partial charge in [0.1, 0.15) is 6.61 Å². The first-order chi connectivity index (χ1) is 7.83. The molecule has 1 heterocycles. The quantitative estimate of drug-likeness (QED) is 0.482. The van der Waals surface area contributed by atoms with Crippen molar-refractivity contribution in [2.24, 2.45) is 0 Å². The van der Waals surface area contributed by atoms with E-state index in [1.807, 2.05) is 0 Å². The van der Waals surface area contributed by atoms with Gasteiger partial charge in [0.05, 0.1) is 26.2 Å². The van der Waals surface area contributed by atoms with Gasteiger partial charge in [0.15, 0.2) is 0 Å². The number of hydrogen-bond donors (Lipinski definition) is 1. The van der Waals surface area contributed by atoms with Crippen molar-refractivity contribution >= 4 is 5.97 Å². The lowest BCUT2D eigenvalue weighted by atomic mass is 10.2. The topological polar surface area (TPSA) is 56.8 Å². The summed E-state index contributed by atoms with van der Waals surface area (Å²) in [5, 5.41) is 3.26. The molecule has 0 saturated carbocycles. The highest BCUT2D eigenvalue weighted by Gasteiger charge is 2.18. The van der Waals surface area contributed by atoms with Gasteiger partial charge in [-0.05, 0) is 19.4 Å². The average molecular weight is 231 g/mol. The average Bonchev–Trinajstić information content (AvgIpc) is 2.76. The Morgan fingerprint density at radius 3 is 2.81 bits per heavy atom. The van der Waals surface area contributed by atoms with Crippen LogP contribution in [-0.2, 0) is 19.0 Å².